The van der Waals surface area contributed by atoms with E-state index in [1.54, 1.807) is 30.2 Å². The number of piperidine rings is 1. The lowest BCUT2D eigenvalue weighted by molar-refractivity contribution is -0.125. The van der Waals surface area contributed by atoms with Crippen LogP contribution in [0.5, 0.6) is 11.5 Å². The number of halogens is 2. The Morgan fingerprint density at radius 3 is 2.45 bits per heavy atom. The van der Waals surface area contributed by atoms with Crippen molar-refractivity contribution in [3.63, 3.8) is 0 Å². The monoisotopic (exact) mass is 430 g/mol. The molecule has 0 bridgehead atoms. The summed E-state index contributed by atoms with van der Waals surface area (Å²) in [6.45, 7) is -0.238. The van der Waals surface area contributed by atoms with E-state index in [4.69, 9.17) is 4.74 Å². The summed E-state index contributed by atoms with van der Waals surface area (Å²) in [5, 5.41) is 0. The third-order valence-corrected chi connectivity index (χ3v) is 5.28. The second-order valence-corrected chi connectivity index (χ2v) is 7.53. The van der Waals surface area contributed by atoms with Crippen molar-refractivity contribution in [1.29, 1.82) is 0 Å². The topological polar surface area (TPSA) is 42.0 Å². The molecule has 1 fully saturated rings. The van der Waals surface area contributed by atoms with Gasteiger partial charge in [-0.05, 0) is 60.7 Å². The van der Waals surface area contributed by atoms with Crippen LogP contribution in [-0.2, 0) is 11.3 Å². The summed E-state index contributed by atoms with van der Waals surface area (Å²) in [4.78, 5) is 16.5. The lowest BCUT2D eigenvalue weighted by Gasteiger charge is -2.29. The van der Waals surface area contributed by atoms with E-state index in [0.717, 1.165) is 18.7 Å². The fraction of sp³-hybridized carbons (Fsp3) is 0.375. The van der Waals surface area contributed by atoms with E-state index in [1.165, 1.54) is 44.2 Å². The van der Waals surface area contributed by atoms with Gasteiger partial charge in [-0.3, -0.25) is 4.79 Å². The first-order valence-electron chi connectivity index (χ1n) is 10.4. The number of carbonyl (C=O) groups excluding carboxylic acids is 1. The second kappa shape index (κ2) is 10.8. The van der Waals surface area contributed by atoms with Gasteiger partial charge < -0.3 is 19.3 Å². The Hall–Kier alpha value is -3.09. The molecule has 0 aliphatic carbocycles. The average molecular weight is 430 g/mol. The summed E-state index contributed by atoms with van der Waals surface area (Å²) >= 11 is 0. The number of nitrogens with zero attached hydrogens (tertiary/aromatic N) is 2. The molecule has 3 rings (SSSR count). The maximum absolute atomic E-state index is 12.5. The summed E-state index contributed by atoms with van der Waals surface area (Å²) in [5.41, 5.74) is 2.93. The van der Waals surface area contributed by atoms with Crippen LogP contribution in [0.25, 0.3) is 6.08 Å². The third-order valence-electron chi connectivity index (χ3n) is 5.28. The van der Waals surface area contributed by atoms with Crippen LogP contribution < -0.4 is 14.4 Å². The van der Waals surface area contributed by atoms with Crippen molar-refractivity contribution in [1.82, 2.24) is 4.90 Å². The number of hydrogen-bond acceptors (Lipinski definition) is 4. The van der Waals surface area contributed by atoms with Crippen LogP contribution in [-0.4, -0.2) is 44.7 Å². The molecule has 1 amide bonds. The van der Waals surface area contributed by atoms with Gasteiger partial charge in [0.1, 0.15) is 0 Å². The van der Waals surface area contributed by atoms with Crippen molar-refractivity contribution in [2.75, 3.05) is 32.1 Å². The van der Waals surface area contributed by atoms with Crippen LogP contribution in [0.15, 0.2) is 48.5 Å². The number of anilines is 1. The first-order chi connectivity index (χ1) is 15.0. The molecule has 1 saturated heterocycles. The Kier molecular flexibility index (Phi) is 7.87. The number of ether oxygens (including phenoxy) is 2. The zero-order valence-electron chi connectivity index (χ0n) is 17.9. The lowest BCUT2D eigenvalue weighted by Crippen LogP contribution is -2.29. The number of likely N-dealkylation sites (N-methyl/N-ethyl adjacent to an activating group) is 1. The fourth-order valence-electron chi connectivity index (χ4n) is 3.59. The van der Waals surface area contributed by atoms with Crippen molar-refractivity contribution in [2.24, 2.45) is 0 Å². The Labute approximate surface area is 181 Å². The normalized spacial score (nSPS) is 14.2. The maximum atomic E-state index is 12.5. The van der Waals surface area contributed by atoms with E-state index in [-0.39, 0.29) is 17.4 Å². The Bertz CT molecular complexity index is 894. The third kappa shape index (κ3) is 6.44. The number of rotatable bonds is 8. The van der Waals surface area contributed by atoms with E-state index < -0.39 is 6.61 Å². The molecule has 31 heavy (non-hydrogen) atoms. The molecule has 1 aliphatic heterocycles. The number of benzene rings is 2. The predicted octanol–water partition coefficient (Wildman–Crippen LogP) is 4.96. The summed E-state index contributed by atoms with van der Waals surface area (Å²) in [5.74, 6) is -0.0323. The molecule has 1 heterocycles. The van der Waals surface area contributed by atoms with Crippen molar-refractivity contribution in [3.05, 3.63) is 59.7 Å². The van der Waals surface area contributed by atoms with Gasteiger partial charge in [-0.25, -0.2) is 0 Å². The minimum absolute atomic E-state index is 0.0499. The average Bonchev–Trinajstić information content (AvgIpc) is 2.78. The van der Waals surface area contributed by atoms with Gasteiger partial charge in [-0.15, -0.1) is 0 Å². The molecule has 1 aliphatic rings. The van der Waals surface area contributed by atoms with Crippen LogP contribution in [0.2, 0.25) is 0 Å². The summed E-state index contributed by atoms with van der Waals surface area (Å²) in [7, 11) is 3.11. The molecular formula is C24H28F2N2O3. The highest BCUT2D eigenvalue weighted by Gasteiger charge is 2.12. The maximum Gasteiger partial charge on any atom is 0.387 e. The molecule has 5 nitrogen and oxygen atoms in total. The highest BCUT2D eigenvalue weighted by atomic mass is 19.3. The highest BCUT2D eigenvalue weighted by molar-refractivity contribution is 5.91. The van der Waals surface area contributed by atoms with Gasteiger partial charge in [0.2, 0.25) is 5.91 Å². The predicted molar refractivity (Wildman–Crippen MR) is 118 cm³/mol. The van der Waals surface area contributed by atoms with Crippen LogP contribution in [0, 0.1) is 0 Å². The summed E-state index contributed by atoms with van der Waals surface area (Å²) < 4.78 is 34.4. The molecule has 2 aromatic rings. The molecule has 2 aromatic carbocycles. The Morgan fingerprint density at radius 2 is 1.81 bits per heavy atom. The van der Waals surface area contributed by atoms with Gasteiger partial charge in [0.25, 0.3) is 0 Å². The quantitative estimate of drug-likeness (QED) is 0.555. The minimum atomic E-state index is -2.93. The van der Waals surface area contributed by atoms with E-state index in [1.807, 2.05) is 0 Å². The first-order valence-corrected chi connectivity index (χ1v) is 10.4. The second-order valence-electron chi connectivity index (χ2n) is 7.53. The molecule has 0 atom stereocenters. The largest absolute Gasteiger partial charge is 0.493 e. The fourth-order valence-corrected chi connectivity index (χ4v) is 3.59. The van der Waals surface area contributed by atoms with Gasteiger partial charge in [-0.2, -0.15) is 8.78 Å². The number of alkyl halides is 2. The van der Waals surface area contributed by atoms with Crippen molar-refractivity contribution in [2.45, 2.75) is 32.4 Å². The number of hydrogen-bond donors (Lipinski definition) is 0. The van der Waals surface area contributed by atoms with Gasteiger partial charge in [-0.1, -0.05) is 18.2 Å². The lowest BCUT2D eigenvalue weighted by atomic mass is 10.1. The Morgan fingerprint density at radius 1 is 1.10 bits per heavy atom. The number of carbonyl (C=O) groups is 1. The van der Waals surface area contributed by atoms with Crippen molar-refractivity contribution >= 4 is 17.7 Å². The molecule has 0 N–H and O–H groups in total. The molecule has 0 radical (unpaired) electrons. The first kappa shape index (κ1) is 22.6. The van der Waals surface area contributed by atoms with Crippen molar-refractivity contribution in [3.8, 4) is 11.5 Å². The van der Waals surface area contributed by atoms with E-state index in [0.29, 0.717) is 12.1 Å². The molecule has 0 unspecified atom stereocenters. The molecule has 7 heteroatoms. The van der Waals surface area contributed by atoms with Crippen LogP contribution in [0.4, 0.5) is 14.5 Å². The van der Waals surface area contributed by atoms with Crippen LogP contribution in [0.3, 0.4) is 0 Å². The van der Waals surface area contributed by atoms with E-state index >= 15 is 0 Å². The zero-order valence-corrected chi connectivity index (χ0v) is 17.9. The summed E-state index contributed by atoms with van der Waals surface area (Å²) in [6, 6.07) is 12.9. The minimum Gasteiger partial charge on any atom is -0.493 e. The zero-order chi connectivity index (χ0) is 22.2. The summed E-state index contributed by atoms with van der Waals surface area (Å²) in [6.07, 6.45) is 6.84. The number of amides is 1. The van der Waals surface area contributed by atoms with E-state index in [2.05, 4.69) is 33.9 Å². The molecule has 0 spiro atoms. The van der Waals surface area contributed by atoms with Gasteiger partial charge in [0.15, 0.2) is 11.5 Å². The van der Waals surface area contributed by atoms with Gasteiger partial charge in [0, 0.05) is 38.4 Å². The van der Waals surface area contributed by atoms with Crippen LogP contribution in [0.1, 0.15) is 30.4 Å². The highest BCUT2D eigenvalue weighted by Crippen LogP contribution is 2.30. The standard InChI is InChI=1S/C24H28F2N2O3/c1-27(17-19-6-10-20(11-7-19)28-14-4-3-5-15-28)23(29)13-9-18-8-12-21(31-24(25)26)22(16-18)30-2/h6-13,16,24H,3-5,14-15,17H2,1-2H3/b13-9+. The van der Waals surface area contributed by atoms with Crippen LogP contribution >= 0.6 is 0 Å². The SMILES string of the molecule is COc1cc(/C=C/C(=O)N(C)Cc2ccc(N3CCCCC3)cc2)ccc1OC(F)F. The number of methoxy groups -OCH3 is 1. The van der Waals surface area contributed by atoms with Gasteiger partial charge in [0.05, 0.1) is 7.11 Å². The smallest absolute Gasteiger partial charge is 0.387 e. The van der Waals surface area contributed by atoms with Gasteiger partial charge >= 0.3 is 6.61 Å². The molecular weight excluding hydrogens is 402 g/mol. The van der Waals surface area contributed by atoms with E-state index in [9.17, 15) is 13.6 Å². The molecule has 0 saturated carbocycles. The Balaban J connectivity index is 1.58. The molecule has 0 aromatic heterocycles. The molecule has 166 valence electrons. The van der Waals surface area contributed by atoms with Crippen molar-refractivity contribution < 1.29 is 23.0 Å².